The standard InChI is InChI=1S/C19H17Cl2FN2O3S/c20-16-13-17(21)18(22)12-15(16)19(25)23-7-9-24(10-8-23)28(26,27)11-6-14-4-2-1-3-5-14/h1-6,11-13H,7-10H2/b11-6+. The van der Waals surface area contributed by atoms with Gasteiger partial charge in [0.25, 0.3) is 5.91 Å². The Labute approximate surface area is 173 Å². The predicted molar refractivity (Wildman–Crippen MR) is 108 cm³/mol. The molecule has 1 aliphatic rings. The van der Waals surface area contributed by atoms with E-state index in [0.29, 0.717) is 0 Å². The summed E-state index contributed by atoms with van der Waals surface area (Å²) >= 11 is 11.7. The molecule has 0 aromatic heterocycles. The van der Waals surface area contributed by atoms with Gasteiger partial charge in [-0.2, -0.15) is 4.31 Å². The van der Waals surface area contributed by atoms with Crippen LogP contribution < -0.4 is 0 Å². The van der Waals surface area contributed by atoms with Gasteiger partial charge in [-0.25, -0.2) is 12.8 Å². The highest BCUT2D eigenvalue weighted by Crippen LogP contribution is 2.26. The molecule has 2 aromatic carbocycles. The van der Waals surface area contributed by atoms with E-state index in [1.54, 1.807) is 12.1 Å². The first-order valence-corrected chi connectivity index (χ1v) is 10.7. The van der Waals surface area contributed by atoms with Gasteiger partial charge in [-0.3, -0.25) is 4.79 Å². The summed E-state index contributed by atoms with van der Waals surface area (Å²) in [6, 6.07) is 11.3. The first-order chi connectivity index (χ1) is 13.3. The molecule has 0 bridgehead atoms. The molecule has 2 aromatic rings. The Balaban J connectivity index is 1.66. The summed E-state index contributed by atoms with van der Waals surface area (Å²) < 4.78 is 40.0. The van der Waals surface area contributed by atoms with E-state index < -0.39 is 21.7 Å². The van der Waals surface area contributed by atoms with Crippen LogP contribution in [0.15, 0.2) is 47.9 Å². The Bertz CT molecular complexity index is 1010. The third-order valence-electron chi connectivity index (χ3n) is 4.36. The van der Waals surface area contributed by atoms with E-state index >= 15 is 0 Å². The third kappa shape index (κ3) is 4.72. The number of carbonyl (C=O) groups excluding carboxylic acids is 1. The molecule has 1 fully saturated rings. The summed E-state index contributed by atoms with van der Waals surface area (Å²) in [5.74, 6) is -1.20. The Hall–Kier alpha value is -1.93. The molecular weight excluding hydrogens is 426 g/mol. The van der Waals surface area contributed by atoms with Crippen LogP contribution in [-0.2, 0) is 10.0 Å². The molecule has 1 saturated heterocycles. The van der Waals surface area contributed by atoms with E-state index in [1.807, 2.05) is 18.2 Å². The van der Waals surface area contributed by atoms with Gasteiger partial charge in [-0.1, -0.05) is 53.5 Å². The molecular formula is C19H17Cl2FN2O3S. The minimum atomic E-state index is -3.60. The Kier molecular flexibility index (Phi) is 6.40. The van der Waals surface area contributed by atoms with E-state index in [0.717, 1.165) is 17.0 Å². The van der Waals surface area contributed by atoms with E-state index in [-0.39, 0.29) is 41.8 Å². The van der Waals surface area contributed by atoms with Crippen LogP contribution in [0.2, 0.25) is 10.0 Å². The maximum absolute atomic E-state index is 13.7. The molecule has 1 amide bonds. The van der Waals surface area contributed by atoms with Crippen molar-refractivity contribution in [2.24, 2.45) is 0 Å². The zero-order valence-electron chi connectivity index (χ0n) is 14.7. The average molecular weight is 443 g/mol. The summed E-state index contributed by atoms with van der Waals surface area (Å²) in [5, 5.41) is 1.05. The molecule has 0 spiro atoms. The summed E-state index contributed by atoms with van der Waals surface area (Å²) in [5.41, 5.74) is 0.781. The number of halogens is 3. The fourth-order valence-corrected chi connectivity index (χ4v) is 4.45. The molecule has 0 radical (unpaired) electrons. The second-order valence-electron chi connectivity index (χ2n) is 6.20. The molecule has 28 heavy (non-hydrogen) atoms. The highest BCUT2D eigenvalue weighted by Gasteiger charge is 2.29. The second-order valence-corrected chi connectivity index (χ2v) is 8.83. The van der Waals surface area contributed by atoms with Gasteiger partial charge < -0.3 is 4.90 Å². The monoisotopic (exact) mass is 442 g/mol. The lowest BCUT2D eigenvalue weighted by Gasteiger charge is -2.33. The van der Waals surface area contributed by atoms with Crippen molar-refractivity contribution in [1.82, 2.24) is 9.21 Å². The Morgan fingerprint density at radius 3 is 2.29 bits per heavy atom. The van der Waals surface area contributed by atoms with Crippen LogP contribution in [0, 0.1) is 5.82 Å². The van der Waals surface area contributed by atoms with Crippen LogP contribution in [0.1, 0.15) is 15.9 Å². The zero-order valence-corrected chi connectivity index (χ0v) is 17.0. The summed E-state index contributed by atoms with van der Waals surface area (Å²) in [7, 11) is -3.60. The fraction of sp³-hybridized carbons (Fsp3) is 0.211. The van der Waals surface area contributed by atoms with Gasteiger partial charge in [0.05, 0.1) is 15.6 Å². The van der Waals surface area contributed by atoms with Gasteiger partial charge in [0, 0.05) is 31.6 Å². The largest absolute Gasteiger partial charge is 0.336 e. The highest BCUT2D eigenvalue weighted by molar-refractivity contribution is 7.92. The van der Waals surface area contributed by atoms with E-state index in [2.05, 4.69) is 0 Å². The Morgan fingerprint density at radius 2 is 1.64 bits per heavy atom. The highest BCUT2D eigenvalue weighted by atomic mass is 35.5. The predicted octanol–water partition coefficient (Wildman–Crippen LogP) is 3.89. The Morgan fingerprint density at radius 1 is 1.00 bits per heavy atom. The lowest BCUT2D eigenvalue weighted by atomic mass is 10.1. The van der Waals surface area contributed by atoms with Crippen molar-refractivity contribution in [3.63, 3.8) is 0 Å². The van der Waals surface area contributed by atoms with Gasteiger partial charge in [0.15, 0.2) is 0 Å². The average Bonchev–Trinajstić information content (AvgIpc) is 2.70. The van der Waals surface area contributed by atoms with Crippen molar-refractivity contribution >= 4 is 45.2 Å². The second kappa shape index (κ2) is 8.61. The maximum Gasteiger partial charge on any atom is 0.255 e. The van der Waals surface area contributed by atoms with Crippen LogP contribution in [-0.4, -0.2) is 49.7 Å². The van der Waals surface area contributed by atoms with Crippen molar-refractivity contribution in [2.45, 2.75) is 0 Å². The van der Waals surface area contributed by atoms with Gasteiger partial charge in [-0.05, 0) is 23.8 Å². The number of nitrogens with zero attached hydrogens (tertiary/aromatic N) is 2. The van der Waals surface area contributed by atoms with Gasteiger partial charge in [0.2, 0.25) is 10.0 Å². The smallest absolute Gasteiger partial charge is 0.255 e. The van der Waals surface area contributed by atoms with Crippen molar-refractivity contribution in [3.05, 3.63) is 74.9 Å². The van der Waals surface area contributed by atoms with Crippen LogP contribution in [0.4, 0.5) is 4.39 Å². The van der Waals surface area contributed by atoms with E-state index in [4.69, 9.17) is 23.2 Å². The van der Waals surface area contributed by atoms with E-state index in [9.17, 15) is 17.6 Å². The number of sulfonamides is 1. The topological polar surface area (TPSA) is 57.7 Å². The molecule has 1 heterocycles. The van der Waals surface area contributed by atoms with Crippen LogP contribution in [0.5, 0.6) is 0 Å². The minimum Gasteiger partial charge on any atom is -0.336 e. The summed E-state index contributed by atoms with van der Waals surface area (Å²) in [6.07, 6.45) is 1.53. The first kappa shape index (κ1) is 20.8. The number of piperazine rings is 1. The minimum absolute atomic E-state index is 0.00356. The van der Waals surface area contributed by atoms with Gasteiger partial charge in [-0.15, -0.1) is 0 Å². The third-order valence-corrected chi connectivity index (χ3v) is 6.53. The van der Waals surface area contributed by atoms with Gasteiger partial charge >= 0.3 is 0 Å². The molecule has 0 atom stereocenters. The number of hydrogen-bond donors (Lipinski definition) is 0. The van der Waals surface area contributed by atoms with Gasteiger partial charge in [0.1, 0.15) is 5.82 Å². The fourth-order valence-electron chi connectivity index (χ4n) is 2.82. The molecule has 0 saturated carbocycles. The number of benzene rings is 2. The van der Waals surface area contributed by atoms with E-state index in [1.165, 1.54) is 21.3 Å². The number of amides is 1. The molecule has 9 heteroatoms. The molecule has 5 nitrogen and oxygen atoms in total. The number of rotatable bonds is 4. The number of carbonyl (C=O) groups is 1. The van der Waals surface area contributed by atoms with Crippen molar-refractivity contribution in [3.8, 4) is 0 Å². The molecule has 148 valence electrons. The molecule has 0 aliphatic carbocycles. The SMILES string of the molecule is O=C(c1cc(F)c(Cl)cc1Cl)N1CCN(S(=O)(=O)/C=C/c2ccccc2)CC1. The summed E-state index contributed by atoms with van der Waals surface area (Å²) in [4.78, 5) is 14.0. The van der Waals surface area contributed by atoms with Crippen molar-refractivity contribution in [2.75, 3.05) is 26.2 Å². The normalized spacial score (nSPS) is 15.9. The molecule has 1 aliphatic heterocycles. The summed E-state index contributed by atoms with van der Waals surface area (Å²) in [6.45, 7) is 0.636. The quantitative estimate of drug-likeness (QED) is 0.674. The number of hydrogen-bond acceptors (Lipinski definition) is 3. The van der Waals surface area contributed by atoms with Crippen LogP contribution in [0.3, 0.4) is 0 Å². The molecule has 0 N–H and O–H groups in total. The van der Waals surface area contributed by atoms with Crippen LogP contribution >= 0.6 is 23.2 Å². The maximum atomic E-state index is 13.7. The van der Waals surface area contributed by atoms with Crippen molar-refractivity contribution < 1.29 is 17.6 Å². The zero-order chi connectivity index (χ0) is 20.3. The molecule has 3 rings (SSSR count). The lowest BCUT2D eigenvalue weighted by Crippen LogP contribution is -2.50. The molecule has 0 unspecified atom stereocenters. The van der Waals surface area contributed by atoms with Crippen LogP contribution in [0.25, 0.3) is 6.08 Å². The van der Waals surface area contributed by atoms with Crippen molar-refractivity contribution in [1.29, 1.82) is 0 Å². The lowest BCUT2D eigenvalue weighted by molar-refractivity contribution is 0.0698. The first-order valence-electron chi connectivity index (χ1n) is 8.45.